The highest BCUT2D eigenvalue weighted by Gasteiger charge is 2.46. The van der Waals surface area contributed by atoms with Crippen LogP contribution in [-0.4, -0.2) is 34.1 Å². The van der Waals surface area contributed by atoms with Crippen LogP contribution in [0.2, 0.25) is 0 Å². The summed E-state index contributed by atoms with van der Waals surface area (Å²) in [4.78, 5) is 24.0. The van der Waals surface area contributed by atoms with Crippen LogP contribution in [0.25, 0.3) is 11.3 Å². The summed E-state index contributed by atoms with van der Waals surface area (Å²) >= 11 is 0. The van der Waals surface area contributed by atoms with Gasteiger partial charge in [0.15, 0.2) is 0 Å². The fraction of sp³-hybridized carbons (Fsp3) is 0.333. The monoisotopic (exact) mass is 379 g/mol. The molecule has 28 heavy (non-hydrogen) atoms. The van der Waals surface area contributed by atoms with Gasteiger partial charge in [0.05, 0.1) is 35.3 Å². The number of nitrogens with zero attached hydrogens (tertiary/aromatic N) is 4. The Morgan fingerprint density at radius 2 is 2.14 bits per heavy atom. The van der Waals surface area contributed by atoms with Crippen molar-refractivity contribution >= 4 is 12.6 Å². The maximum Gasteiger partial charge on any atom is 0.261 e. The van der Waals surface area contributed by atoms with E-state index in [0.717, 1.165) is 28.2 Å². The molecule has 0 atom stereocenters. The van der Waals surface area contributed by atoms with Gasteiger partial charge < -0.3 is 4.74 Å². The van der Waals surface area contributed by atoms with Crippen molar-refractivity contribution in [2.75, 3.05) is 6.61 Å². The number of carbonyl (C=O) groups is 1. The predicted molar refractivity (Wildman–Crippen MR) is 109 cm³/mol. The van der Waals surface area contributed by atoms with Gasteiger partial charge in [-0.2, -0.15) is 5.10 Å². The molecule has 1 amide bonds. The highest BCUT2D eigenvalue weighted by atomic mass is 16.5. The van der Waals surface area contributed by atoms with E-state index in [4.69, 9.17) is 9.72 Å². The van der Waals surface area contributed by atoms with Gasteiger partial charge in [-0.25, -0.2) is 4.98 Å². The van der Waals surface area contributed by atoms with E-state index in [1.807, 2.05) is 46.8 Å². The van der Waals surface area contributed by atoms with E-state index >= 15 is 0 Å². The number of hydrogen-bond donors (Lipinski definition) is 1. The summed E-state index contributed by atoms with van der Waals surface area (Å²) in [6, 6.07) is 3.84. The van der Waals surface area contributed by atoms with Gasteiger partial charge in [-0.1, -0.05) is 0 Å². The number of carbonyl (C=O) groups excluding carboxylic acids is 1. The molecule has 0 bridgehead atoms. The van der Waals surface area contributed by atoms with Crippen LogP contribution >= 0.6 is 0 Å². The highest BCUT2D eigenvalue weighted by molar-refractivity contribution is 6.02. The zero-order chi connectivity index (χ0) is 20.5. The molecule has 0 aromatic carbocycles. The summed E-state index contributed by atoms with van der Waals surface area (Å²) in [6.45, 7) is 13.7. The molecule has 0 radical (unpaired) electrons. The largest absolute Gasteiger partial charge is 0.492 e. The second-order valence-corrected chi connectivity index (χ2v) is 7.16. The minimum atomic E-state index is -0.610. The summed E-state index contributed by atoms with van der Waals surface area (Å²) in [5, 5.41) is 3.61. The molecule has 0 unspecified atom stereocenters. The number of amides is 1. The lowest BCUT2D eigenvalue weighted by molar-refractivity contribution is 0.0706. The van der Waals surface area contributed by atoms with Crippen molar-refractivity contribution in [1.82, 2.24) is 20.3 Å². The first-order valence-corrected chi connectivity index (χ1v) is 9.14. The van der Waals surface area contributed by atoms with Crippen molar-refractivity contribution in [3.63, 3.8) is 0 Å². The molecular weight excluding hydrogens is 354 g/mol. The van der Waals surface area contributed by atoms with Gasteiger partial charge in [0, 0.05) is 30.4 Å². The third-order valence-electron chi connectivity index (χ3n) is 4.81. The summed E-state index contributed by atoms with van der Waals surface area (Å²) in [5.74, 6) is 0.621. The van der Waals surface area contributed by atoms with Gasteiger partial charge in [-0.15, -0.1) is 0 Å². The molecule has 1 N–H and O–H groups in total. The fourth-order valence-electron chi connectivity index (χ4n) is 3.61. The third kappa shape index (κ3) is 3.24. The molecule has 0 saturated heterocycles. The zero-order valence-electron chi connectivity index (χ0n) is 16.9. The Balaban J connectivity index is 2.11. The van der Waals surface area contributed by atoms with Crippen molar-refractivity contribution in [3.05, 3.63) is 53.2 Å². The van der Waals surface area contributed by atoms with Crippen molar-refractivity contribution in [1.29, 1.82) is 0 Å². The fourth-order valence-corrected chi connectivity index (χ4v) is 3.61. The smallest absolute Gasteiger partial charge is 0.261 e. The van der Waals surface area contributed by atoms with Crippen LogP contribution in [0.1, 0.15) is 49.3 Å². The maximum atomic E-state index is 13.2. The number of nitrogens with one attached hydrogen (secondary N) is 1. The molecule has 1 aliphatic rings. The minimum Gasteiger partial charge on any atom is -0.492 e. The van der Waals surface area contributed by atoms with Gasteiger partial charge in [-0.05, 0) is 52.3 Å². The van der Waals surface area contributed by atoms with Crippen LogP contribution in [0.5, 0.6) is 5.75 Å². The molecule has 2 aromatic heterocycles. The van der Waals surface area contributed by atoms with E-state index in [9.17, 15) is 4.79 Å². The number of ether oxygens (including phenoxy) is 1. The lowest BCUT2D eigenvalue weighted by atomic mass is 9.96. The van der Waals surface area contributed by atoms with Crippen molar-refractivity contribution in [3.8, 4) is 17.0 Å². The molecule has 0 saturated carbocycles. The number of fused-ring (bicyclic) bond motifs is 1. The topological polar surface area (TPSA) is 79.7 Å². The van der Waals surface area contributed by atoms with E-state index < -0.39 is 5.54 Å². The van der Waals surface area contributed by atoms with Crippen LogP contribution in [0.4, 0.5) is 0 Å². The minimum absolute atomic E-state index is 0.0719. The predicted octanol–water partition coefficient (Wildman–Crippen LogP) is 3.61. The Bertz CT molecular complexity index is 965. The molecule has 146 valence electrons. The highest BCUT2D eigenvalue weighted by Crippen LogP contribution is 2.42. The Morgan fingerprint density at radius 3 is 2.82 bits per heavy atom. The molecule has 3 heterocycles. The molecule has 1 aliphatic heterocycles. The number of hydrazone groups is 1. The van der Waals surface area contributed by atoms with E-state index in [1.165, 1.54) is 0 Å². The number of allylic oxidation sites excluding steroid dienone is 1. The quantitative estimate of drug-likeness (QED) is 0.613. The summed E-state index contributed by atoms with van der Waals surface area (Å²) in [7, 11) is 0. The van der Waals surface area contributed by atoms with Crippen molar-refractivity contribution < 1.29 is 9.53 Å². The Labute approximate surface area is 165 Å². The first kappa shape index (κ1) is 19.5. The van der Waals surface area contributed by atoms with E-state index in [-0.39, 0.29) is 5.91 Å². The van der Waals surface area contributed by atoms with Crippen LogP contribution in [0, 0.1) is 6.92 Å². The first-order chi connectivity index (χ1) is 13.3. The summed E-state index contributed by atoms with van der Waals surface area (Å²) in [5.41, 5.74) is 6.70. The Kier molecular flexibility index (Phi) is 5.18. The zero-order valence-corrected chi connectivity index (χ0v) is 16.9. The lowest BCUT2D eigenvalue weighted by Gasteiger charge is -2.32. The van der Waals surface area contributed by atoms with E-state index in [2.05, 4.69) is 22.2 Å². The van der Waals surface area contributed by atoms with Gasteiger partial charge in [0.1, 0.15) is 5.75 Å². The molecule has 0 spiro atoms. The van der Waals surface area contributed by atoms with Crippen molar-refractivity contribution in [2.45, 2.75) is 40.2 Å². The van der Waals surface area contributed by atoms with Crippen molar-refractivity contribution in [2.24, 2.45) is 5.10 Å². The summed E-state index contributed by atoms with van der Waals surface area (Å²) < 4.78 is 5.55. The molecule has 0 fully saturated rings. The average molecular weight is 379 g/mol. The number of hydrogen-bond acceptors (Lipinski definition) is 6. The number of aromatic nitrogens is 2. The number of rotatable bonds is 6. The maximum absolute atomic E-state index is 13.2. The first-order valence-electron chi connectivity index (χ1n) is 9.14. The SMILES string of the molecule is C=NN/C=C(\C)N1C(=O)c2c(C)cc(-c3cncc(OCC)c3)nc2C1(C)C. The normalized spacial score (nSPS) is 15.4. The standard InChI is InChI=1S/C21H25N5O2/c1-7-28-16-9-15(11-23-12-16)17-8-13(2)18-19(25-17)21(4,5)26(20(18)27)14(3)10-24-22-6/h8-12,24H,6-7H2,1-5H3/b14-10+. The number of aryl methyl sites for hydroxylation is 1. The number of pyridine rings is 2. The molecule has 2 aromatic rings. The van der Waals surface area contributed by atoms with Gasteiger partial charge in [0.25, 0.3) is 5.91 Å². The molecule has 0 aliphatic carbocycles. The van der Waals surface area contributed by atoms with Gasteiger partial charge >= 0.3 is 0 Å². The van der Waals surface area contributed by atoms with Crippen LogP contribution in [0.3, 0.4) is 0 Å². The van der Waals surface area contributed by atoms with Crippen LogP contribution in [-0.2, 0) is 5.54 Å². The molecular formula is C21H25N5O2. The molecule has 7 heteroatoms. The Hall–Kier alpha value is -3.22. The molecule has 7 nitrogen and oxygen atoms in total. The van der Waals surface area contributed by atoms with E-state index in [0.29, 0.717) is 17.9 Å². The van der Waals surface area contributed by atoms with E-state index in [1.54, 1.807) is 23.5 Å². The lowest BCUT2D eigenvalue weighted by Crippen LogP contribution is -2.38. The average Bonchev–Trinajstić information content (AvgIpc) is 2.86. The molecule has 3 rings (SSSR count). The second-order valence-electron chi connectivity index (χ2n) is 7.16. The third-order valence-corrected chi connectivity index (χ3v) is 4.81. The summed E-state index contributed by atoms with van der Waals surface area (Å²) in [6.07, 6.45) is 5.09. The van der Waals surface area contributed by atoms with Gasteiger partial charge in [-0.3, -0.25) is 20.1 Å². The van der Waals surface area contributed by atoms with Crippen LogP contribution < -0.4 is 10.2 Å². The van der Waals surface area contributed by atoms with Crippen LogP contribution in [0.15, 0.2) is 41.5 Å². The van der Waals surface area contributed by atoms with Gasteiger partial charge in [0.2, 0.25) is 0 Å². The second kappa shape index (κ2) is 7.42. The Morgan fingerprint density at radius 1 is 1.39 bits per heavy atom.